The molecule has 1 N–H and O–H groups in total. The second-order valence-electron chi connectivity index (χ2n) is 7.44. The third-order valence-electron chi connectivity index (χ3n) is 5.22. The largest absolute Gasteiger partial charge is 0.356 e. The Morgan fingerprint density at radius 1 is 0.929 bits per heavy atom. The van der Waals surface area contributed by atoms with Gasteiger partial charge in [0, 0.05) is 45.7 Å². The van der Waals surface area contributed by atoms with Gasteiger partial charge >= 0.3 is 0 Å². The summed E-state index contributed by atoms with van der Waals surface area (Å²) in [6.07, 6.45) is 1.94. The molecule has 1 amide bonds. The van der Waals surface area contributed by atoms with Gasteiger partial charge in [0.2, 0.25) is 5.91 Å². The lowest BCUT2D eigenvalue weighted by Crippen LogP contribution is -2.46. The van der Waals surface area contributed by atoms with E-state index in [4.69, 9.17) is 0 Å². The Bertz CT molecular complexity index is 730. The highest BCUT2D eigenvalue weighted by Gasteiger charge is 2.16. The van der Waals surface area contributed by atoms with E-state index in [0.717, 1.165) is 51.3 Å². The van der Waals surface area contributed by atoms with Crippen LogP contribution in [0.5, 0.6) is 0 Å². The smallest absolute Gasteiger partial charge is 0.220 e. The first kappa shape index (κ1) is 20.5. The third kappa shape index (κ3) is 7.06. The predicted octanol–water partition coefficient (Wildman–Crippen LogP) is 3.08. The number of piperazine rings is 1. The molecule has 4 nitrogen and oxygen atoms in total. The first-order valence-corrected chi connectivity index (χ1v) is 10.2. The number of hydrogen-bond acceptors (Lipinski definition) is 3. The van der Waals surface area contributed by atoms with Crippen LogP contribution in [0.4, 0.5) is 4.39 Å². The van der Waals surface area contributed by atoms with Crippen LogP contribution >= 0.6 is 0 Å². The fraction of sp³-hybridized carbons (Fsp3) is 0.435. The maximum Gasteiger partial charge on any atom is 0.220 e. The van der Waals surface area contributed by atoms with Crippen LogP contribution in [-0.2, 0) is 17.8 Å². The quantitative estimate of drug-likeness (QED) is 0.676. The third-order valence-corrected chi connectivity index (χ3v) is 5.22. The number of carbonyl (C=O) groups is 1. The molecule has 3 rings (SSSR count). The van der Waals surface area contributed by atoms with Crippen LogP contribution in [0.15, 0.2) is 54.6 Å². The summed E-state index contributed by atoms with van der Waals surface area (Å²) in [5.74, 6) is -0.210. The highest BCUT2D eigenvalue weighted by atomic mass is 19.1. The molecule has 5 heteroatoms. The summed E-state index contributed by atoms with van der Waals surface area (Å²) in [5, 5.41) is 2.98. The molecule has 0 aliphatic carbocycles. The normalized spacial score (nSPS) is 15.5. The molecule has 150 valence electrons. The average Bonchev–Trinajstić information content (AvgIpc) is 2.72. The molecule has 0 bridgehead atoms. The Kier molecular flexibility index (Phi) is 8.00. The molecule has 0 radical (unpaired) electrons. The molecule has 1 fully saturated rings. The van der Waals surface area contributed by atoms with E-state index in [1.165, 1.54) is 17.7 Å². The first-order valence-electron chi connectivity index (χ1n) is 10.2. The molecule has 1 heterocycles. The van der Waals surface area contributed by atoms with Gasteiger partial charge in [-0.1, -0.05) is 42.5 Å². The summed E-state index contributed by atoms with van der Waals surface area (Å²) >= 11 is 0. The van der Waals surface area contributed by atoms with Gasteiger partial charge in [-0.05, 0) is 42.6 Å². The zero-order valence-corrected chi connectivity index (χ0v) is 16.4. The van der Waals surface area contributed by atoms with Gasteiger partial charge in [0.25, 0.3) is 0 Å². The minimum atomic E-state index is -0.248. The monoisotopic (exact) mass is 383 g/mol. The van der Waals surface area contributed by atoms with Crippen molar-refractivity contribution in [2.45, 2.75) is 25.8 Å². The zero-order valence-electron chi connectivity index (χ0n) is 16.4. The molecule has 2 aromatic rings. The Morgan fingerprint density at radius 3 is 2.39 bits per heavy atom. The Balaban J connectivity index is 1.24. The molecule has 0 saturated carbocycles. The van der Waals surface area contributed by atoms with Crippen molar-refractivity contribution >= 4 is 5.91 Å². The minimum Gasteiger partial charge on any atom is -0.356 e. The van der Waals surface area contributed by atoms with Crippen molar-refractivity contribution in [3.8, 4) is 0 Å². The second-order valence-corrected chi connectivity index (χ2v) is 7.44. The van der Waals surface area contributed by atoms with E-state index in [-0.39, 0.29) is 11.7 Å². The number of aryl methyl sites for hydroxylation is 1. The minimum absolute atomic E-state index is 0.0388. The number of amides is 1. The number of nitrogens with zero attached hydrogens (tertiary/aromatic N) is 2. The highest BCUT2D eigenvalue weighted by molar-refractivity contribution is 5.76. The van der Waals surface area contributed by atoms with Crippen LogP contribution in [0, 0.1) is 5.82 Å². The summed E-state index contributed by atoms with van der Waals surface area (Å²) < 4.78 is 13.1. The van der Waals surface area contributed by atoms with E-state index in [1.54, 1.807) is 6.07 Å². The molecule has 0 aromatic heterocycles. The van der Waals surface area contributed by atoms with Crippen LogP contribution in [0.3, 0.4) is 0 Å². The van der Waals surface area contributed by atoms with Gasteiger partial charge in [-0.2, -0.15) is 0 Å². The van der Waals surface area contributed by atoms with Crippen LogP contribution in [0.25, 0.3) is 0 Å². The Hall–Kier alpha value is -2.24. The average molecular weight is 384 g/mol. The summed E-state index contributed by atoms with van der Waals surface area (Å²) in [7, 11) is 0. The van der Waals surface area contributed by atoms with E-state index in [1.807, 2.05) is 6.07 Å². The van der Waals surface area contributed by atoms with Crippen molar-refractivity contribution in [2.75, 3.05) is 39.3 Å². The van der Waals surface area contributed by atoms with Crippen molar-refractivity contribution in [1.29, 1.82) is 0 Å². The Morgan fingerprint density at radius 2 is 1.64 bits per heavy atom. The van der Waals surface area contributed by atoms with Crippen molar-refractivity contribution in [3.05, 3.63) is 71.5 Å². The van der Waals surface area contributed by atoms with Crippen molar-refractivity contribution in [1.82, 2.24) is 15.1 Å². The second kappa shape index (κ2) is 10.9. The summed E-state index contributed by atoms with van der Waals surface area (Å²) in [6.45, 7) is 7.09. The Labute approximate surface area is 167 Å². The fourth-order valence-corrected chi connectivity index (χ4v) is 3.58. The van der Waals surface area contributed by atoms with Gasteiger partial charge in [-0.3, -0.25) is 9.69 Å². The molecule has 0 atom stereocenters. The molecule has 2 aromatic carbocycles. The standard InChI is InChI=1S/C23H30FN3O/c24-22-9-4-8-20(18-22)10-11-23(28)25-12-5-13-26-14-16-27(17-15-26)19-21-6-2-1-3-7-21/h1-4,6-9,18H,5,10-17,19H2,(H,25,28). The molecular weight excluding hydrogens is 353 g/mol. The number of hydrogen-bond donors (Lipinski definition) is 1. The molecule has 1 saturated heterocycles. The van der Waals surface area contributed by atoms with Crippen molar-refractivity contribution in [2.24, 2.45) is 0 Å². The molecule has 1 aliphatic rings. The number of carbonyl (C=O) groups excluding carboxylic acids is 1. The summed E-state index contributed by atoms with van der Waals surface area (Å²) in [6, 6.07) is 17.1. The van der Waals surface area contributed by atoms with Gasteiger partial charge < -0.3 is 10.2 Å². The lowest BCUT2D eigenvalue weighted by molar-refractivity contribution is -0.121. The summed E-state index contributed by atoms with van der Waals surface area (Å²) in [5.41, 5.74) is 2.24. The van der Waals surface area contributed by atoms with E-state index in [2.05, 4.69) is 45.4 Å². The van der Waals surface area contributed by atoms with Crippen LogP contribution in [0.2, 0.25) is 0 Å². The van der Waals surface area contributed by atoms with Crippen LogP contribution in [0.1, 0.15) is 24.0 Å². The first-order chi connectivity index (χ1) is 13.7. The zero-order chi connectivity index (χ0) is 19.6. The maximum absolute atomic E-state index is 13.1. The van der Waals surface area contributed by atoms with Gasteiger partial charge in [0.15, 0.2) is 0 Å². The van der Waals surface area contributed by atoms with Gasteiger partial charge in [0.1, 0.15) is 5.82 Å². The number of nitrogens with one attached hydrogen (secondary N) is 1. The topological polar surface area (TPSA) is 35.6 Å². The number of halogens is 1. The van der Waals surface area contributed by atoms with Crippen LogP contribution in [-0.4, -0.2) is 55.0 Å². The van der Waals surface area contributed by atoms with Gasteiger partial charge in [0.05, 0.1) is 0 Å². The van der Waals surface area contributed by atoms with Crippen molar-refractivity contribution < 1.29 is 9.18 Å². The molecule has 1 aliphatic heterocycles. The fourth-order valence-electron chi connectivity index (χ4n) is 3.58. The molecule has 28 heavy (non-hydrogen) atoms. The number of rotatable bonds is 9. The molecular formula is C23H30FN3O. The van der Waals surface area contributed by atoms with E-state index in [0.29, 0.717) is 19.4 Å². The molecule has 0 unspecified atom stereocenters. The molecule has 0 spiro atoms. The number of benzene rings is 2. The SMILES string of the molecule is O=C(CCc1cccc(F)c1)NCCCN1CCN(Cc2ccccc2)CC1. The van der Waals surface area contributed by atoms with Gasteiger partial charge in [-0.15, -0.1) is 0 Å². The van der Waals surface area contributed by atoms with Gasteiger partial charge in [-0.25, -0.2) is 4.39 Å². The predicted molar refractivity (Wildman–Crippen MR) is 111 cm³/mol. The van der Waals surface area contributed by atoms with E-state index in [9.17, 15) is 9.18 Å². The maximum atomic E-state index is 13.1. The van der Waals surface area contributed by atoms with Crippen LogP contribution < -0.4 is 5.32 Å². The lowest BCUT2D eigenvalue weighted by atomic mass is 10.1. The van der Waals surface area contributed by atoms with E-state index < -0.39 is 0 Å². The lowest BCUT2D eigenvalue weighted by Gasteiger charge is -2.34. The highest BCUT2D eigenvalue weighted by Crippen LogP contribution is 2.09. The van der Waals surface area contributed by atoms with E-state index >= 15 is 0 Å². The van der Waals surface area contributed by atoms with Crippen molar-refractivity contribution in [3.63, 3.8) is 0 Å². The summed E-state index contributed by atoms with van der Waals surface area (Å²) in [4.78, 5) is 16.9.